The van der Waals surface area contributed by atoms with E-state index < -0.39 is 4.92 Å². The second kappa shape index (κ2) is 7.92. The Hall–Kier alpha value is -3.33. The lowest BCUT2D eigenvalue weighted by Crippen LogP contribution is -2.05. The zero-order valence-electron chi connectivity index (χ0n) is 14.7. The summed E-state index contributed by atoms with van der Waals surface area (Å²) in [5.74, 6) is 1.26. The third-order valence-electron chi connectivity index (χ3n) is 3.54. The maximum atomic E-state index is 10.7. The van der Waals surface area contributed by atoms with Gasteiger partial charge in [-0.15, -0.1) is 0 Å². The number of H-pyrrole nitrogens is 1. The number of aromatic nitrogens is 3. The average molecular weight is 383 g/mol. The highest BCUT2D eigenvalue weighted by molar-refractivity contribution is 7.71. The van der Waals surface area contributed by atoms with Gasteiger partial charge in [0.25, 0.3) is 5.69 Å². The largest absolute Gasteiger partial charge is 0.491 e. The van der Waals surface area contributed by atoms with Crippen LogP contribution in [0.4, 0.5) is 5.69 Å². The molecule has 0 aliphatic rings. The van der Waals surface area contributed by atoms with Crippen molar-refractivity contribution in [2.24, 2.45) is 5.10 Å². The molecule has 0 saturated carbocycles. The number of aromatic amines is 1. The average Bonchev–Trinajstić information content (AvgIpc) is 3.00. The molecule has 0 fully saturated rings. The predicted octanol–water partition coefficient (Wildman–Crippen LogP) is 4.19. The van der Waals surface area contributed by atoms with Crippen molar-refractivity contribution in [1.82, 2.24) is 14.9 Å². The Morgan fingerprint density at radius 3 is 2.70 bits per heavy atom. The molecule has 0 unspecified atom stereocenters. The number of nitrogens with zero attached hydrogens (tertiary/aromatic N) is 4. The number of rotatable bonds is 6. The molecule has 0 amide bonds. The summed E-state index contributed by atoms with van der Waals surface area (Å²) in [5.41, 5.74) is 1.52. The van der Waals surface area contributed by atoms with Crippen LogP contribution >= 0.6 is 12.2 Å². The smallest absolute Gasteiger partial charge is 0.269 e. The van der Waals surface area contributed by atoms with Gasteiger partial charge in [-0.3, -0.25) is 10.1 Å². The molecule has 0 radical (unpaired) electrons. The van der Waals surface area contributed by atoms with Crippen LogP contribution in [0.5, 0.6) is 5.75 Å². The molecule has 27 heavy (non-hydrogen) atoms. The molecule has 0 aliphatic heterocycles. The second-order valence-electron chi connectivity index (χ2n) is 5.95. The van der Waals surface area contributed by atoms with Gasteiger partial charge in [0.15, 0.2) is 5.82 Å². The van der Waals surface area contributed by atoms with Gasteiger partial charge in [-0.1, -0.05) is 12.1 Å². The van der Waals surface area contributed by atoms with Crippen molar-refractivity contribution in [3.05, 3.63) is 69.0 Å². The van der Waals surface area contributed by atoms with E-state index >= 15 is 0 Å². The number of non-ortho nitro benzene ring substituents is 1. The molecule has 1 aromatic heterocycles. The van der Waals surface area contributed by atoms with E-state index in [0.29, 0.717) is 16.2 Å². The number of nitrogens with one attached hydrogen (secondary N) is 1. The first-order chi connectivity index (χ1) is 12.9. The molecule has 0 bridgehead atoms. The summed E-state index contributed by atoms with van der Waals surface area (Å²) in [4.78, 5) is 10.3. The molecule has 8 nitrogen and oxygen atoms in total. The molecule has 0 spiro atoms. The molecule has 3 rings (SSSR count). The van der Waals surface area contributed by atoms with Crippen molar-refractivity contribution in [1.29, 1.82) is 0 Å². The van der Waals surface area contributed by atoms with Gasteiger partial charge in [0, 0.05) is 17.7 Å². The molecule has 0 aliphatic carbocycles. The van der Waals surface area contributed by atoms with Crippen LogP contribution < -0.4 is 4.74 Å². The summed E-state index contributed by atoms with van der Waals surface area (Å²) in [5, 5.41) is 22.1. The standard InChI is InChI=1S/C18H17N5O3S/c1-12(2)26-16-5-3-4-14(10-16)17-20-21-18(27)22(17)19-11-13-6-8-15(9-7-13)23(24)25/h3-12H,1-2H3,(H,21,27)/b19-11-. The van der Waals surface area contributed by atoms with Crippen molar-refractivity contribution in [3.8, 4) is 17.1 Å². The lowest BCUT2D eigenvalue weighted by Gasteiger charge is -2.10. The van der Waals surface area contributed by atoms with Gasteiger partial charge in [0.2, 0.25) is 4.77 Å². The first kappa shape index (κ1) is 18.5. The van der Waals surface area contributed by atoms with E-state index in [1.54, 1.807) is 18.3 Å². The van der Waals surface area contributed by atoms with Crippen molar-refractivity contribution in [3.63, 3.8) is 0 Å². The molecule has 0 saturated heterocycles. The molecule has 3 aromatic rings. The van der Waals surface area contributed by atoms with Gasteiger partial charge in [0.05, 0.1) is 17.2 Å². The molecule has 1 heterocycles. The summed E-state index contributed by atoms with van der Waals surface area (Å²) in [6.07, 6.45) is 1.62. The van der Waals surface area contributed by atoms with E-state index in [2.05, 4.69) is 15.3 Å². The van der Waals surface area contributed by atoms with E-state index in [9.17, 15) is 10.1 Å². The lowest BCUT2D eigenvalue weighted by molar-refractivity contribution is -0.384. The summed E-state index contributed by atoms with van der Waals surface area (Å²) >= 11 is 5.26. The van der Waals surface area contributed by atoms with E-state index in [0.717, 1.165) is 11.3 Å². The Balaban J connectivity index is 1.91. The first-order valence-corrected chi connectivity index (χ1v) is 8.58. The topological polar surface area (TPSA) is 98.3 Å². The molecule has 2 aromatic carbocycles. The fourth-order valence-corrected chi connectivity index (χ4v) is 2.55. The van der Waals surface area contributed by atoms with Gasteiger partial charge in [-0.2, -0.15) is 14.9 Å². The maximum absolute atomic E-state index is 10.7. The van der Waals surface area contributed by atoms with E-state index in [4.69, 9.17) is 17.0 Å². The monoisotopic (exact) mass is 383 g/mol. The Labute approximate surface area is 160 Å². The van der Waals surface area contributed by atoms with Crippen LogP contribution in [0.15, 0.2) is 53.6 Å². The van der Waals surface area contributed by atoms with Gasteiger partial charge < -0.3 is 4.74 Å². The zero-order valence-corrected chi connectivity index (χ0v) is 15.5. The van der Waals surface area contributed by atoms with Crippen LogP contribution in [0.2, 0.25) is 0 Å². The van der Waals surface area contributed by atoms with Gasteiger partial charge in [-0.25, -0.2) is 5.10 Å². The highest BCUT2D eigenvalue weighted by Crippen LogP contribution is 2.23. The quantitative estimate of drug-likeness (QED) is 0.298. The van der Waals surface area contributed by atoms with Crippen LogP contribution in [-0.2, 0) is 0 Å². The normalized spacial score (nSPS) is 11.2. The summed E-state index contributed by atoms with van der Waals surface area (Å²) in [6.45, 7) is 3.91. The molecular weight excluding hydrogens is 366 g/mol. The summed E-state index contributed by atoms with van der Waals surface area (Å²) in [6, 6.07) is 13.6. The minimum Gasteiger partial charge on any atom is -0.491 e. The zero-order chi connectivity index (χ0) is 19.4. The second-order valence-corrected chi connectivity index (χ2v) is 6.34. The molecule has 9 heteroatoms. The fraction of sp³-hybridized carbons (Fsp3) is 0.167. The minimum absolute atomic E-state index is 0.0229. The van der Waals surface area contributed by atoms with Crippen LogP contribution in [0.25, 0.3) is 11.4 Å². The highest BCUT2D eigenvalue weighted by Gasteiger charge is 2.10. The van der Waals surface area contributed by atoms with Crippen LogP contribution in [0.3, 0.4) is 0 Å². The van der Waals surface area contributed by atoms with Crippen LogP contribution in [-0.4, -0.2) is 32.1 Å². The van der Waals surface area contributed by atoms with Crippen LogP contribution in [0.1, 0.15) is 19.4 Å². The third kappa shape index (κ3) is 4.45. The van der Waals surface area contributed by atoms with Crippen molar-refractivity contribution < 1.29 is 9.66 Å². The molecular formula is C18H17N5O3S. The van der Waals surface area contributed by atoms with E-state index in [1.807, 2.05) is 38.1 Å². The van der Waals surface area contributed by atoms with Crippen molar-refractivity contribution >= 4 is 24.1 Å². The highest BCUT2D eigenvalue weighted by atomic mass is 32.1. The number of ether oxygens (including phenoxy) is 1. The van der Waals surface area contributed by atoms with Crippen LogP contribution in [0, 0.1) is 14.9 Å². The number of benzene rings is 2. The number of hydrogen-bond donors (Lipinski definition) is 1. The fourth-order valence-electron chi connectivity index (χ4n) is 2.37. The summed E-state index contributed by atoms with van der Waals surface area (Å²) < 4.78 is 7.54. The molecule has 1 N–H and O–H groups in total. The number of nitro groups is 1. The third-order valence-corrected chi connectivity index (χ3v) is 3.80. The Morgan fingerprint density at radius 2 is 2.04 bits per heavy atom. The molecule has 0 atom stereocenters. The van der Waals surface area contributed by atoms with Crippen molar-refractivity contribution in [2.75, 3.05) is 0 Å². The van der Waals surface area contributed by atoms with Gasteiger partial charge in [-0.05, 0) is 55.9 Å². The van der Waals surface area contributed by atoms with Gasteiger partial charge in [0.1, 0.15) is 5.75 Å². The number of nitro benzene ring substituents is 1. The predicted molar refractivity (Wildman–Crippen MR) is 105 cm³/mol. The lowest BCUT2D eigenvalue weighted by atomic mass is 10.2. The van der Waals surface area contributed by atoms with Gasteiger partial charge >= 0.3 is 0 Å². The first-order valence-electron chi connectivity index (χ1n) is 8.17. The number of hydrogen-bond acceptors (Lipinski definition) is 6. The molecule has 138 valence electrons. The van der Waals surface area contributed by atoms with E-state index in [-0.39, 0.29) is 11.8 Å². The Morgan fingerprint density at radius 1 is 1.30 bits per heavy atom. The van der Waals surface area contributed by atoms with E-state index in [1.165, 1.54) is 16.8 Å². The summed E-state index contributed by atoms with van der Waals surface area (Å²) in [7, 11) is 0. The Kier molecular flexibility index (Phi) is 5.41. The maximum Gasteiger partial charge on any atom is 0.269 e. The minimum atomic E-state index is -0.447. The SMILES string of the molecule is CC(C)Oc1cccc(-c2n[nH]c(=S)n2/N=C\c2ccc([N+](=O)[O-])cc2)c1. The van der Waals surface area contributed by atoms with Crippen molar-refractivity contribution in [2.45, 2.75) is 20.0 Å². The Bertz CT molecular complexity index is 1040.